The summed E-state index contributed by atoms with van der Waals surface area (Å²) in [7, 11) is 3.00. The summed E-state index contributed by atoms with van der Waals surface area (Å²) in [6.07, 6.45) is 3.11. The molecule has 3 heterocycles. The molecular weight excluding hydrogens is 377 g/mol. The number of likely N-dealkylation sites (tertiary alicyclic amines) is 1. The van der Waals surface area contributed by atoms with E-state index in [1.165, 1.54) is 20.3 Å². The summed E-state index contributed by atoms with van der Waals surface area (Å²) in [6.45, 7) is 1.78. The molecule has 8 heteroatoms. The van der Waals surface area contributed by atoms with Gasteiger partial charge in [0.15, 0.2) is 11.5 Å². The smallest absolute Gasteiger partial charge is 0.240 e. The van der Waals surface area contributed by atoms with Gasteiger partial charge < -0.3 is 20.1 Å². The molecule has 3 aliphatic heterocycles. The van der Waals surface area contributed by atoms with Gasteiger partial charge in [0.1, 0.15) is 11.9 Å². The van der Waals surface area contributed by atoms with Crippen LogP contribution < -0.4 is 15.2 Å². The third-order valence-corrected chi connectivity index (χ3v) is 6.66. The van der Waals surface area contributed by atoms with E-state index in [0.717, 1.165) is 25.8 Å². The second kappa shape index (κ2) is 7.82. The highest BCUT2D eigenvalue weighted by molar-refractivity contribution is 5.88. The Labute approximate surface area is 169 Å². The zero-order valence-electron chi connectivity index (χ0n) is 16.9. The first-order chi connectivity index (χ1) is 13.9. The van der Waals surface area contributed by atoms with Gasteiger partial charge in [-0.15, -0.1) is 0 Å². The molecule has 2 bridgehead atoms. The predicted molar refractivity (Wildman–Crippen MR) is 104 cm³/mol. The molecule has 4 atom stereocenters. The lowest BCUT2D eigenvalue weighted by atomic mass is 9.71. The van der Waals surface area contributed by atoms with Gasteiger partial charge in [-0.3, -0.25) is 14.5 Å². The number of nitrogens with two attached hydrogens (primary N) is 1. The number of benzene rings is 1. The molecule has 0 unspecified atom stereocenters. The molecule has 0 aliphatic carbocycles. The molecule has 2 N–H and O–H groups in total. The Morgan fingerprint density at radius 2 is 1.90 bits per heavy atom. The normalized spacial score (nSPS) is 29.3. The largest absolute Gasteiger partial charge is 0.493 e. The van der Waals surface area contributed by atoms with Crippen LogP contribution in [0.25, 0.3) is 0 Å². The third kappa shape index (κ3) is 3.54. The molecular formula is C21H28FN3O4. The highest BCUT2D eigenvalue weighted by Gasteiger charge is 2.51. The summed E-state index contributed by atoms with van der Waals surface area (Å²) in [6, 6.07) is 2.48. The van der Waals surface area contributed by atoms with Crippen molar-refractivity contribution in [3.63, 3.8) is 0 Å². The summed E-state index contributed by atoms with van der Waals surface area (Å²) in [5.41, 5.74) is 6.25. The number of primary amides is 1. The zero-order chi connectivity index (χ0) is 20.7. The molecule has 0 spiro atoms. The van der Waals surface area contributed by atoms with Crippen molar-refractivity contribution < 1.29 is 23.5 Å². The van der Waals surface area contributed by atoms with E-state index in [4.69, 9.17) is 15.2 Å². The second-order valence-electron chi connectivity index (χ2n) is 8.36. The maximum atomic E-state index is 14.6. The van der Waals surface area contributed by atoms with E-state index in [1.807, 2.05) is 0 Å². The number of nitrogens with zero attached hydrogens (tertiary/aromatic N) is 2. The number of carbonyl (C=O) groups is 2. The number of hydrogen-bond acceptors (Lipinski definition) is 5. The van der Waals surface area contributed by atoms with Gasteiger partial charge in [0.2, 0.25) is 11.8 Å². The standard InChI is InChI=1S/C21H28FN3O4/c1-28-17-7-12(15(22)8-18(17)29-2)9-24-10-13-6-14(11-24)20(21(23)27)25-16(13)4-3-5-19(25)26/h7-8,13-14,16,20H,3-6,9-11H2,1-2H3,(H2,23,27)/t13-,14+,16+,20-/m1/s1. The van der Waals surface area contributed by atoms with Crippen LogP contribution in [0.5, 0.6) is 11.5 Å². The molecule has 0 radical (unpaired) electrons. The minimum absolute atomic E-state index is 0.0206. The number of halogens is 1. The fraction of sp³-hybridized carbons (Fsp3) is 0.619. The molecule has 0 aromatic heterocycles. The number of carbonyl (C=O) groups excluding carboxylic acids is 2. The summed E-state index contributed by atoms with van der Waals surface area (Å²) >= 11 is 0. The van der Waals surface area contributed by atoms with E-state index >= 15 is 0 Å². The molecule has 158 valence electrons. The van der Waals surface area contributed by atoms with Gasteiger partial charge in [0.25, 0.3) is 0 Å². The van der Waals surface area contributed by atoms with E-state index < -0.39 is 11.9 Å². The van der Waals surface area contributed by atoms with Crippen molar-refractivity contribution in [2.45, 2.75) is 44.3 Å². The topological polar surface area (TPSA) is 85.1 Å². The molecule has 7 nitrogen and oxygen atoms in total. The van der Waals surface area contributed by atoms with E-state index in [2.05, 4.69) is 4.90 Å². The first-order valence-corrected chi connectivity index (χ1v) is 10.2. The lowest BCUT2D eigenvalue weighted by Gasteiger charge is -2.55. The van der Waals surface area contributed by atoms with Gasteiger partial charge >= 0.3 is 0 Å². The summed E-state index contributed by atoms with van der Waals surface area (Å²) < 4.78 is 25.1. The molecule has 3 fully saturated rings. The summed E-state index contributed by atoms with van der Waals surface area (Å²) in [5, 5.41) is 0. The first kappa shape index (κ1) is 19.9. The second-order valence-corrected chi connectivity index (χ2v) is 8.36. The van der Waals surface area contributed by atoms with Crippen LogP contribution in [0, 0.1) is 17.7 Å². The van der Waals surface area contributed by atoms with Crippen molar-refractivity contribution in [1.82, 2.24) is 9.80 Å². The zero-order valence-corrected chi connectivity index (χ0v) is 16.9. The van der Waals surface area contributed by atoms with Gasteiger partial charge in [-0.25, -0.2) is 4.39 Å². The maximum absolute atomic E-state index is 14.6. The van der Waals surface area contributed by atoms with Crippen LogP contribution in [-0.4, -0.2) is 61.0 Å². The molecule has 1 aromatic rings. The summed E-state index contributed by atoms with van der Waals surface area (Å²) in [5.74, 6) is 0.352. The van der Waals surface area contributed by atoms with Crippen molar-refractivity contribution in [3.8, 4) is 11.5 Å². The SMILES string of the molecule is COc1cc(F)c(CN2C[C@H]3C[C@@H](C2)[C@H](C(N)=O)N2C(=O)CCC[C@@H]32)cc1OC. The van der Waals surface area contributed by atoms with Gasteiger partial charge in [0, 0.05) is 49.6 Å². The van der Waals surface area contributed by atoms with Crippen molar-refractivity contribution in [2.24, 2.45) is 17.6 Å². The fourth-order valence-electron chi connectivity index (χ4n) is 5.51. The van der Waals surface area contributed by atoms with Crippen LogP contribution in [0.3, 0.4) is 0 Å². The number of amides is 2. The molecule has 0 saturated carbocycles. The van der Waals surface area contributed by atoms with E-state index in [1.54, 1.807) is 11.0 Å². The lowest BCUT2D eigenvalue weighted by Crippen LogP contribution is -2.67. The average Bonchev–Trinajstić information content (AvgIpc) is 2.69. The number of ether oxygens (including phenoxy) is 2. The van der Waals surface area contributed by atoms with Crippen LogP contribution in [0.4, 0.5) is 4.39 Å². The number of piperidine rings is 3. The average molecular weight is 405 g/mol. The highest BCUT2D eigenvalue weighted by Crippen LogP contribution is 2.42. The van der Waals surface area contributed by atoms with Gasteiger partial charge in [-0.05, 0) is 31.2 Å². The Morgan fingerprint density at radius 3 is 2.59 bits per heavy atom. The summed E-state index contributed by atoms with van der Waals surface area (Å²) in [4.78, 5) is 28.8. The first-order valence-electron chi connectivity index (χ1n) is 10.2. The lowest BCUT2D eigenvalue weighted by molar-refractivity contribution is -0.159. The van der Waals surface area contributed by atoms with Crippen LogP contribution in [-0.2, 0) is 16.1 Å². The number of hydrogen-bond donors (Lipinski definition) is 1. The Hall–Kier alpha value is -2.35. The van der Waals surface area contributed by atoms with E-state index in [-0.39, 0.29) is 29.6 Å². The van der Waals surface area contributed by atoms with Crippen molar-refractivity contribution in [3.05, 3.63) is 23.5 Å². The van der Waals surface area contributed by atoms with Gasteiger partial charge in [-0.1, -0.05) is 0 Å². The Kier molecular flexibility index (Phi) is 5.38. The Bertz CT molecular complexity index is 817. The van der Waals surface area contributed by atoms with Crippen molar-refractivity contribution >= 4 is 11.8 Å². The maximum Gasteiger partial charge on any atom is 0.240 e. The quantitative estimate of drug-likeness (QED) is 0.803. The predicted octanol–water partition coefficient (Wildman–Crippen LogP) is 1.53. The fourth-order valence-corrected chi connectivity index (χ4v) is 5.51. The molecule has 4 rings (SSSR count). The van der Waals surface area contributed by atoms with Gasteiger partial charge in [0.05, 0.1) is 14.2 Å². The Morgan fingerprint density at radius 1 is 1.21 bits per heavy atom. The van der Waals surface area contributed by atoms with Crippen molar-refractivity contribution in [2.75, 3.05) is 27.3 Å². The number of rotatable bonds is 5. The monoisotopic (exact) mass is 405 g/mol. The molecule has 3 saturated heterocycles. The van der Waals surface area contributed by atoms with Crippen LogP contribution in [0.1, 0.15) is 31.2 Å². The highest BCUT2D eigenvalue weighted by atomic mass is 19.1. The van der Waals surface area contributed by atoms with Crippen LogP contribution in [0.15, 0.2) is 12.1 Å². The minimum Gasteiger partial charge on any atom is -0.493 e. The van der Waals surface area contributed by atoms with Crippen LogP contribution >= 0.6 is 0 Å². The molecule has 1 aromatic carbocycles. The van der Waals surface area contributed by atoms with E-state index in [9.17, 15) is 14.0 Å². The molecule has 2 amide bonds. The molecule has 3 aliphatic rings. The Balaban J connectivity index is 1.58. The minimum atomic E-state index is -0.567. The third-order valence-electron chi connectivity index (χ3n) is 6.66. The number of fused-ring (bicyclic) bond motifs is 4. The van der Waals surface area contributed by atoms with Crippen LogP contribution in [0.2, 0.25) is 0 Å². The number of methoxy groups -OCH3 is 2. The van der Waals surface area contributed by atoms with E-state index in [0.29, 0.717) is 36.6 Å². The van der Waals surface area contributed by atoms with Gasteiger partial charge in [-0.2, -0.15) is 0 Å². The molecule has 29 heavy (non-hydrogen) atoms. The van der Waals surface area contributed by atoms with Crippen molar-refractivity contribution in [1.29, 1.82) is 0 Å².